The minimum Gasteiger partial charge on any atom is -0.480 e. The number of rotatable bonds is 8. The van der Waals surface area contributed by atoms with Gasteiger partial charge in [-0.05, 0) is 39.2 Å². The molecule has 0 aliphatic heterocycles. The Hall–Kier alpha value is -3.30. The van der Waals surface area contributed by atoms with Crippen LogP contribution in [-0.2, 0) is 20.9 Å². The minimum absolute atomic E-state index is 0.0776. The molecule has 29 heavy (non-hydrogen) atoms. The van der Waals surface area contributed by atoms with Crippen molar-refractivity contribution in [2.24, 2.45) is 16.5 Å². The lowest BCUT2D eigenvalue weighted by molar-refractivity contribution is -0.143. The van der Waals surface area contributed by atoms with E-state index in [2.05, 4.69) is 4.99 Å². The van der Waals surface area contributed by atoms with Crippen LogP contribution in [0.1, 0.15) is 39.2 Å². The molecule has 0 aliphatic rings. The summed E-state index contributed by atoms with van der Waals surface area (Å²) in [6.45, 7) is 4.83. The van der Waals surface area contributed by atoms with E-state index < -0.39 is 29.8 Å². The van der Waals surface area contributed by atoms with E-state index in [0.717, 1.165) is 0 Å². The van der Waals surface area contributed by atoms with Gasteiger partial charge in [-0.1, -0.05) is 30.3 Å². The molecule has 10 nitrogen and oxygen atoms in total. The fourth-order valence-electron chi connectivity index (χ4n) is 2.28. The highest BCUT2D eigenvalue weighted by molar-refractivity contribution is 5.93. The van der Waals surface area contributed by atoms with Crippen LogP contribution in [0.2, 0.25) is 0 Å². The number of amides is 2. The number of hydrogen-bond acceptors (Lipinski definition) is 6. The second kappa shape index (κ2) is 10.9. The van der Waals surface area contributed by atoms with Gasteiger partial charge >= 0.3 is 18.2 Å². The van der Waals surface area contributed by atoms with Crippen molar-refractivity contribution >= 4 is 24.1 Å². The van der Waals surface area contributed by atoms with E-state index in [0.29, 0.717) is 10.5 Å². The predicted molar refractivity (Wildman–Crippen MR) is 106 cm³/mol. The number of nitrogens with two attached hydrogens (primary N) is 2. The smallest absolute Gasteiger partial charge is 0.420 e. The van der Waals surface area contributed by atoms with Crippen LogP contribution in [0.5, 0.6) is 0 Å². The maximum absolute atomic E-state index is 12.6. The van der Waals surface area contributed by atoms with Gasteiger partial charge in [0.25, 0.3) is 0 Å². The Morgan fingerprint density at radius 3 is 2.28 bits per heavy atom. The first kappa shape index (κ1) is 23.7. The number of hydrogen-bond donors (Lipinski definition) is 3. The predicted octanol–water partition coefficient (Wildman–Crippen LogP) is 2.07. The van der Waals surface area contributed by atoms with Crippen LogP contribution in [-0.4, -0.2) is 52.3 Å². The average Bonchev–Trinajstić information content (AvgIpc) is 2.61. The van der Waals surface area contributed by atoms with Crippen molar-refractivity contribution in [3.63, 3.8) is 0 Å². The van der Waals surface area contributed by atoms with E-state index in [1.54, 1.807) is 51.1 Å². The Morgan fingerprint density at radius 2 is 1.76 bits per heavy atom. The first-order valence-corrected chi connectivity index (χ1v) is 9.02. The summed E-state index contributed by atoms with van der Waals surface area (Å²) in [5.41, 5.74) is 10.2. The molecule has 160 valence electrons. The molecular formula is C19H28N4O6. The zero-order chi connectivity index (χ0) is 22.0. The van der Waals surface area contributed by atoms with Crippen molar-refractivity contribution in [3.8, 4) is 0 Å². The molecule has 0 saturated carbocycles. The van der Waals surface area contributed by atoms with Crippen LogP contribution < -0.4 is 11.5 Å². The van der Waals surface area contributed by atoms with E-state index in [9.17, 15) is 19.5 Å². The normalized spacial score (nSPS) is 11.8. The number of carbonyl (C=O) groups is 3. The van der Waals surface area contributed by atoms with E-state index in [1.807, 2.05) is 0 Å². The molecule has 0 fully saturated rings. The van der Waals surface area contributed by atoms with Gasteiger partial charge in [-0.15, -0.1) is 0 Å². The van der Waals surface area contributed by atoms with Gasteiger partial charge < -0.3 is 26.0 Å². The lowest BCUT2D eigenvalue weighted by Crippen LogP contribution is -2.50. The molecule has 0 aliphatic carbocycles. The number of aliphatic imine (C=N–C) groups is 1. The SMILES string of the molecule is CC(C)(C)OC(=O)N(C(=O)OCc1ccccc1)[C@H](CCCN=C(N)N)C(=O)O. The van der Waals surface area contributed by atoms with Crippen LogP contribution in [0.3, 0.4) is 0 Å². The number of imide groups is 1. The molecule has 1 aromatic carbocycles. The summed E-state index contributed by atoms with van der Waals surface area (Å²) in [7, 11) is 0. The average molecular weight is 408 g/mol. The Labute approximate surface area is 169 Å². The van der Waals surface area contributed by atoms with Crippen LogP contribution in [0.4, 0.5) is 9.59 Å². The van der Waals surface area contributed by atoms with Crippen molar-refractivity contribution < 1.29 is 29.0 Å². The molecule has 1 atom stereocenters. The molecule has 0 aromatic heterocycles. The Bertz CT molecular complexity index is 726. The number of ether oxygens (including phenoxy) is 2. The van der Waals surface area contributed by atoms with Gasteiger partial charge in [0.2, 0.25) is 0 Å². The van der Waals surface area contributed by atoms with Crippen LogP contribution >= 0.6 is 0 Å². The van der Waals surface area contributed by atoms with E-state index >= 15 is 0 Å². The molecule has 0 bridgehead atoms. The maximum atomic E-state index is 12.6. The topological polar surface area (TPSA) is 158 Å². The Balaban J connectivity index is 2.99. The Morgan fingerprint density at radius 1 is 1.14 bits per heavy atom. The number of benzene rings is 1. The zero-order valence-electron chi connectivity index (χ0n) is 16.8. The van der Waals surface area contributed by atoms with Crippen molar-refractivity contribution in [3.05, 3.63) is 35.9 Å². The summed E-state index contributed by atoms with van der Waals surface area (Å²) in [5.74, 6) is -1.51. The number of carboxylic acid groups (broad SMARTS) is 1. The van der Waals surface area contributed by atoms with Crippen molar-refractivity contribution in [1.82, 2.24) is 4.90 Å². The highest BCUT2D eigenvalue weighted by atomic mass is 16.6. The first-order valence-electron chi connectivity index (χ1n) is 9.02. The fourth-order valence-corrected chi connectivity index (χ4v) is 2.28. The Kier molecular flexibility index (Phi) is 8.91. The quantitative estimate of drug-likeness (QED) is 0.335. The van der Waals surface area contributed by atoms with Gasteiger partial charge in [0.15, 0.2) is 5.96 Å². The monoisotopic (exact) mass is 408 g/mol. The summed E-state index contributed by atoms with van der Waals surface area (Å²) < 4.78 is 10.4. The standard InChI is InChI=1S/C19H28N4O6/c1-19(2,3)29-18(27)23(14(15(24)25)10-7-11-22-16(20)21)17(26)28-12-13-8-5-4-6-9-13/h4-6,8-9,14H,7,10-12H2,1-3H3,(H,24,25)(H4,20,21,22)/t14-/m1/s1. The second-order valence-electron chi connectivity index (χ2n) is 7.19. The van der Waals surface area contributed by atoms with Gasteiger partial charge in [-0.25, -0.2) is 14.4 Å². The molecule has 10 heteroatoms. The number of carboxylic acids is 1. The third-order valence-corrected chi connectivity index (χ3v) is 3.52. The molecule has 5 N–H and O–H groups in total. The number of carbonyl (C=O) groups excluding carboxylic acids is 2. The van der Waals surface area contributed by atoms with E-state index in [1.165, 1.54) is 0 Å². The van der Waals surface area contributed by atoms with Gasteiger partial charge in [0, 0.05) is 6.54 Å². The molecule has 1 rings (SSSR count). The molecule has 0 unspecified atom stereocenters. The molecule has 0 spiro atoms. The molecule has 0 saturated heterocycles. The highest BCUT2D eigenvalue weighted by Crippen LogP contribution is 2.17. The molecule has 1 aromatic rings. The van der Waals surface area contributed by atoms with E-state index in [-0.39, 0.29) is 32.0 Å². The molecule has 0 heterocycles. The van der Waals surface area contributed by atoms with Gasteiger partial charge in [0.05, 0.1) is 0 Å². The van der Waals surface area contributed by atoms with Crippen molar-refractivity contribution in [2.75, 3.05) is 6.54 Å². The fraction of sp³-hybridized carbons (Fsp3) is 0.474. The molecular weight excluding hydrogens is 380 g/mol. The molecule has 2 amide bonds. The third kappa shape index (κ3) is 8.96. The van der Waals surface area contributed by atoms with Gasteiger partial charge in [-0.2, -0.15) is 4.90 Å². The summed E-state index contributed by atoms with van der Waals surface area (Å²) in [6.07, 6.45) is -2.08. The summed E-state index contributed by atoms with van der Waals surface area (Å²) in [5, 5.41) is 9.59. The lowest BCUT2D eigenvalue weighted by Gasteiger charge is -2.29. The van der Waals surface area contributed by atoms with Crippen LogP contribution in [0, 0.1) is 0 Å². The lowest BCUT2D eigenvalue weighted by atomic mass is 10.1. The minimum atomic E-state index is -1.50. The summed E-state index contributed by atoms with van der Waals surface area (Å²) in [4.78, 5) is 41.2. The van der Waals surface area contributed by atoms with Gasteiger partial charge in [0.1, 0.15) is 18.2 Å². The number of nitrogens with zero attached hydrogens (tertiary/aromatic N) is 2. The summed E-state index contributed by atoms with van der Waals surface area (Å²) >= 11 is 0. The van der Waals surface area contributed by atoms with E-state index in [4.69, 9.17) is 20.9 Å². The second-order valence-corrected chi connectivity index (χ2v) is 7.19. The zero-order valence-corrected chi connectivity index (χ0v) is 16.8. The first-order chi connectivity index (χ1) is 13.5. The van der Waals surface area contributed by atoms with Crippen molar-refractivity contribution in [1.29, 1.82) is 0 Å². The number of guanidine groups is 1. The van der Waals surface area contributed by atoms with Crippen molar-refractivity contribution in [2.45, 2.75) is 51.9 Å². The highest BCUT2D eigenvalue weighted by Gasteiger charge is 2.38. The van der Waals surface area contributed by atoms with Crippen LogP contribution in [0.25, 0.3) is 0 Å². The number of aliphatic carboxylic acids is 1. The third-order valence-electron chi connectivity index (χ3n) is 3.52. The largest absolute Gasteiger partial charge is 0.480 e. The van der Waals surface area contributed by atoms with Gasteiger partial charge in [-0.3, -0.25) is 4.99 Å². The maximum Gasteiger partial charge on any atom is 0.420 e. The summed E-state index contributed by atoms with van der Waals surface area (Å²) in [6, 6.07) is 7.29. The van der Waals surface area contributed by atoms with Crippen LogP contribution in [0.15, 0.2) is 35.3 Å². The molecule has 0 radical (unpaired) electrons.